The lowest BCUT2D eigenvalue weighted by atomic mass is 9.99. The van der Waals surface area contributed by atoms with Crippen LogP contribution < -0.4 is 0 Å². The summed E-state index contributed by atoms with van der Waals surface area (Å²) >= 11 is 6.05. The summed E-state index contributed by atoms with van der Waals surface area (Å²) in [6, 6.07) is 0. The molecule has 9 nitrogen and oxygen atoms in total. The van der Waals surface area contributed by atoms with Gasteiger partial charge < -0.3 is 23.7 Å². The van der Waals surface area contributed by atoms with Crippen molar-refractivity contribution in [2.45, 2.75) is 57.7 Å². The van der Waals surface area contributed by atoms with Crippen LogP contribution in [0.1, 0.15) is 27.7 Å². The Hall–Kier alpha value is -1.87. The van der Waals surface area contributed by atoms with Crippen molar-refractivity contribution in [3.05, 3.63) is 0 Å². The van der Waals surface area contributed by atoms with E-state index in [1.165, 1.54) is 6.92 Å². The molecule has 0 bridgehead atoms. The lowest BCUT2D eigenvalue weighted by molar-refractivity contribution is -0.238. The molecule has 0 radical (unpaired) electrons. The Labute approximate surface area is 143 Å². The van der Waals surface area contributed by atoms with E-state index in [0.29, 0.717) is 0 Å². The minimum Gasteiger partial charge on any atom is -0.463 e. The largest absolute Gasteiger partial charge is 0.463 e. The molecule has 24 heavy (non-hydrogen) atoms. The molecule has 10 heteroatoms. The van der Waals surface area contributed by atoms with Crippen molar-refractivity contribution in [1.29, 1.82) is 0 Å². The average Bonchev–Trinajstić information content (AvgIpc) is 2.42. The van der Waals surface area contributed by atoms with E-state index < -0.39 is 53.9 Å². The summed E-state index contributed by atoms with van der Waals surface area (Å²) in [5, 5.41) is 0. The second-order valence-corrected chi connectivity index (χ2v) is 5.48. The summed E-state index contributed by atoms with van der Waals surface area (Å²) in [6.45, 7) is 4.31. The third-order valence-corrected chi connectivity index (χ3v) is 3.29. The van der Waals surface area contributed by atoms with Crippen LogP contribution in [0, 0.1) is 0 Å². The number of alkyl halides is 1. The molecule has 1 aliphatic heterocycles. The maximum Gasteiger partial charge on any atom is 0.303 e. The summed E-state index contributed by atoms with van der Waals surface area (Å²) in [7, 11) is 0. The Morgan fingerprint density at radius 3 is 1.71 bits per heavy atom. The highest BCUT2D eigenvalue weighted by Gasteiger charge is 2.51. The lowest BCUT2D eigenvalue weighted by Crippen LogP contribution is -2.61. The van der Waals surface area contributed by atoms with E-state index in [1.807, 2.05) is 0 Å². The molecule has 3 unspecified atom stereocenters. The number of rotatable bonds is 5. The van der Waals surface area contributed by atoms with E-state index in [-0.39, 0.29) is 6.61 Å². The highest BCUT2D eigenvalue weighted by Crippen LogP contribution is 2.30. The minimum absolute atomic E-state index is 0.291. The molecular weight excluding hydrogens is 348 g/mol. The summed E-state index contributed by atoms with van der Waals surface area (Å²) in [5.41, 5.74) is -1.20. The summed E-state index contributed by atoms with van der Waals surface area (Å²) in [6.07, 6.45) is -4.60. The Morgan fingerprint density at radius 1 is 0.792 bits per heavy atom. The molecule has 0 spiro atoms. The van der Waals surface area contributed by atoms with Crippen LogP contribution in [-0.4, -0.2) is 60.5 Å². The summed E-state index contributed by atoms with van der Waals surface area (Å²) < 4.78 is 25.6. The fourth-order valence-electron chi connectivity index (χ4n) is 2.18. The molecular formula is C14H19ClO9. The molecule has 1 saturated heterocycles. The van der Waals surface area contributed by atoms with Crippen molar-refractivity contribution in [3.63, 3.8) is 0 Å². The fraction of sp³-hybridized carbons (Fsp3) is 0.714. The predicted molar refractivity (Wildman–Crippen MR) is 77.8 cm³/mol. The third kappa shape index (κ3) is 5.97. The Morgan fingerprint density at radius 2 is 1.25 bits per heavy atom. The zero-order valence-electron chi connectivity index (χ0n) is 13.6. The van der Waals surface area contributed by atoms with Gasteiger partial charge in [-0.05, 0) is 0 Å². The first-order valence-corrected chi connectivity index (χ1v) is 7.50. The molecule has 0 aromatic heterocycles. The van der Waals surface area contributed by atoms with Gasteiger partial charge in [-0.2, -0.15) is 0 Å². The smallest absolute Gasteiger partial charge is 0.303 e. The lowest BCUT2D eigenvalue weighted by Gasteiger charge is -2.42. The number of hydrogen-bond donors (Lipinski definition) is 0. The Balaban J connectivity index is 3.11. The van der Waals surface area contributed by atoms with Crippen molar-refractivity contribution >= 4 is 35.5 Å². The summed E-state index contributed by atoms with van der Waals surface area (Å²) in [4.78, 5) is 45.0. The van der Waals surface area contributed by atoms with Crippen molar-refractivity contribution in [1.82, 2.24) is 0 Å². The minimum atomic E-state index is -1.22. The van der Waals surface area contributed by atoms with Crippen LogP contribution in [0.4, 0.5) is 0 Å². The van der Waals surface area contributed by atoms with Gasteiger partial charge in [0.15, 0.2) is 23.9 Å². The molecule has 0 N–H and O–H groups in total. The molecule has 1 fully saturated rings. The van der Waals surface area contributed by atoms with E-state index in [0.717, 1.165) is 20.8 Å². The summed E-state index contributed by atoms with van der Waals surface area (Å²) in [5.74, 6) is -2.67. The molecule has 0 amide bonds. The van der Waals surface area contributed by atoms with Gasteiger partial charge in [-0.15, -0.1) is 0 Å². The fourth-order valence-corrected chi connectivity index (χ4v) is 2.50. The predicted octanol–water partition coefficient (Wildman–Crippen LogP) is 0.308. The van der Waals surface area contributed by atoms with E-state index in [9.17, 15) is 19.2 Å². The second kappa shape index (κ2) is 8.84. The van der Waals surface area contributed by atoms with Crippen LogP contribution in [0.5, 0.6) is 0 Å². The van der Waals surface area contributed by atoms with Gasteiger partial charge in [0.05, 0.1) is 0 Å². The van der Waals surface area contributed by atoms with Crippen LogP contribution >= 0.6 is 11.6 Å². The topological polar surface area (TPSA) is 114 Å². The van der Waals surface area contributed by atoms with Crippen LogP contribution in [0.25, 0.3) is 0 Å². The van der Waals surface area contributed by atoms with Crippen molar-refractivity contribution in [2.24, 2.45) is 0 Å². The zero-order valence-corrected chi connectivity index (χ0v) is 14.4. The molecule has 0 aliphatic carbocycles. The van der Waals surface area contributed by atoms with E-state index in [1.54, 1.807) is 0 Å². The molecule has 136 valence electrons. The van der Waals surface area contributed by atoms with Gasteiger partial charge in [-0.25, -0.2) is 0 Å². The van der Waals surface area contributed by atoms with Crippen LogP contribution in [0.2, 0.25) is 0 Å². The Bertz CT molecular complexity index is 506. The van der Waals surface area contributed by atoms with Crippen molar-refractivity contribution in [3.8, 4) is 0 Å². The van der Waals surface area contributed by atoms with Crippen molar-refractivity contribution < 1.29 is 42.9 Å². The molecule has 1 rings (SSSR count). The monoisotopic (exact) mass is 366 g/mol. The van der Waals surface area contributed by atoms with Gasteiger partial charge in [0, 0.05) is 27.7 Å². The average molecular weight is 367 g/mol. The molecule has 0 aromatic carbocycles. The first kappa shape index (κ1) is 20.2. The molecule has 0 saturated carbocycles. The van der Waals surface area contributed by atoms with Gasteiger partial charge in [-0.1, -0.05) is 11.6 Å². The zero-order chi connectivity index (χ0) is 18.4. The van der Waals surface area contributed by atoms with E-state index >= 15 is 0 Å². The standard InChI is InChI=1S/C14H19ClO9/c1-6(16)20-5-10-11(21-7(2)17)12(22-8(3)18)13(14(15)24-10)23-9(4)19/h10-14H,5H2,1-4H3/t10?,11-,12?,13?,14+/m0/s1. The number of halogens is 1. The number of carbonyl (C=O) groups is 4. The van der Waals surface area contributed by atoms with Crippen LogP contribution in [-0.2, 0) is 42.9 Å². The highest BCUT2D eigenvalue weighted by molar-refractivity contribution is 6.20. The number of esters is 4. The van der Waals surface area contributed by atoms with Gasteiger partial charge >= 0.3 is 23.9 Å². The van der Waals surface area contributed by atoms with Crippen LogP contribution in [0.15, 0.2) is 0 Å². The first-order valence-electron chi connectivity index (χ1n) is 7.06. The maximum atomic E-state index is 11.4. The Kier molecular flexibility index (Phi) is 7.43. The van der Waals surface area contributed by atoms with Gasteiger partial charge in [0.1, 0.15) is 12.7 Å². The van der Waals surface area contributed by atoms with E-state index in [4.69, 9.17) is 35.3 Å². The highest BCUT2D eigenvalue weighted by atomic mass is 35.5. The molecule has 1 aliphatic rings. The molecule has 5 atom stereocenters. The van der Waals surface area contributed by atoms with Gasteiger partial charge in [0.2, 0.25) is 0 Å². The van der Waals surface area contributed by atoms with Gasteiger partial charge in [0.25, 0.3) is 0 Å². The van der Waals surface area contributed by atoms with E-state index in [2.05, 4.69) is 0 Å². The SMILES string of the molecule is CC(=O)OCC1O[C@@H](Cl)C(OC(C)=O)C(OC(C)=O)[C@H]1OC(C)=O. The van der Waals surface area contributed by atoms with Gasteiger partial charge in [-0.3, -0.25) is 19.2 Å². The second-order valence-electron chi connectivity index (χ2n) is 5.05. The third-order valence-electron chi connectivity index (χ3n) is 2.93. The maximum absolute atomic E-state index is 11.4. The first-order chi connectivity index (χ1) is 11.1. The number of hydrogen-bond acceptors (Lipinski definition) is 9. The number of ether oxygens (including phenoxy) is 5. The molecule has 0 aromatic rings. The van der Waals surface area contributed by atoms with Crippen molar-refractivity contribution in [2.75, 3.05) is 6.61 Å². The quantitative estimate of drug-likeness (QED) is 0.385. The van der Waals surface area contributed by atoms with Crippen LogP contribution in [0.3, 0.4) is 0 Å². The molecule has 1 heterocycles. The number of carbonyl (C=O) groups excluding carboxylic acids is 4. The normalized spacial score (nSPS) is 29.3.